The van der Waals surface area contributed by atoms with Gasteiger partial charge < -0.3 is 9.47 Å². The SMILES string of the molecule is C=C(C)COCC(=O)OC(C)(C)C. The maximum absolute atomic E-state index is 11.1. The van der Waals surface area contributed by atoms with Crippen molar-refractivity contribution in [3.05, 3.63) is 12.2 Å². The molecule has 0 saturated heterocycles. The second-order valence-electron chi connectivity index (χ2n) is 4.04. The lowest BCUT2D eigenvalue weighted by Crippen LogP contribution is -2.26. The van der Waals surface area contributed by atoms with E-state index in [0.29, 0.717) is 6.61 Å². The van der Waals surface area contributed by atoms with Crippen LogP contribution in [0.5, 0.6) is 0 Å². The monoisotopic (exact) mass is 186 g/mol. The molecular formula is C10H18O3. The Morgan fingerprint density at radius 1 is 1.31 bits per heavy atom. The van der Waals surface area contributed by atoms with E-state index in [9.17, 15) is 4.79 Å². The Morgan fingerprint density at radius 3 is 2.23 bits per heavy atom. The molecule has 76 valence electrons. The summed E-state index contributed by atoms with van der Waals surface area (Å²) in [6.45, 7) is 11.4. The summed E-state index contributed by atoms with van der Waals surface area (Å²) >= 11 is 0. The van der Waals surface area contributed by atoms with Crippen LogP contribution < -0.4 is 0 Å². The number of carbonyl (C=O) groups excluding carboxylic acids is 1. The van der Waals surface area contributed by atoms with E-state index >= 15 is 0 Å². The summed E-state index contributed by atoms with van der Waals surface area (Å²) in [6.07, 6.45) is 0. The summed E-state index contributed by atoms with van der Waals surface area (Å²) < 4.78 is 10.1. The first-order chi connectivity index (χ1) is 5.81. The minimum atomic E-state index is -0.441. The number of ether oxygens (including phenoxy) is 2. The molecule has 0 aromatic rings. The van der Waals surface area contributed by atoms with Gasteiger partial charge in [0.25, 0.3) is 0 Å². The molecule has 0 unspecified atom stereocenters. The molecule has 13 heavy (non-hydrogen) atoms. The summed E-state index contributed by atoms with van der Waals surface area (Å²) in [7, 11) is 0. The Morgan fingerprint density at radius 2 is 1.85 bits per heavy atom. The first-order valence-corrected chi connectivity index (χ1v) is 4.25. The summed E-state index contributed by atoms with van der Waals surface area (Å²) in [5.74, 6) is -0.339. The fourth-order valence-electron chi connectivity index (χ4n) is 0.680. The van der Waals surface area contributed by atoms with E-state index in [1.807, 2.05) is 27.7 Å². The molecule has 0 atom stereocenters. The van der Waals surface area contributed by atoms with Crippen molar-refractivity contribution in [3.63, 3.8) is 0 Å². The maximum Gasteiger partial charge on any atom is 0.332 e. The van der Waals surface area contributed by atoms with E-state index in [1.54, 1.807) is 0 Å². The molecular weight excluding hydrogens is 168 g/mol. The smallest absolute Gasteiger partial charge is 0.332 e. The molecule has 3 nitrogen and oxygen atoms in total. The van der Waals surface area contributed by atoms with E-state index in [0.717, 1.165) is 5.57 Å². The van der Waals surface area contributed by atoms with Gasteiger partial charge in [-0.2, -0.15) is 0 Å². The number of rotatable bonds is 4. The van der Waals surface area contributed by atoms with Crippen molar-refractivity contribution in [2.75, 3.05) is 13.2 Å². The third-order valence-electron chi connectivity index (χ3n) is 0.988. The molecule has 0 N–H and O–H groups in total. The van der Waals surface area contributed by atoms with Crippen molar-refractivity contribution in [2.45, 2.75) is 33.3 Å². The second-order valence-corrected chi connectivity index (χ2v) is 4.04. The van der Waals surface area contributed by atoms with Gasteiger partial charge in [0, 0.05) is 0 Å². The minimum Gasteiger partial charge on any atom is -0.458 e. The third kappa shape index (κ3) is 9.08. The van der Waals surface area contributed by atoms with Crippen LogP contribution >= 0.6 is 0 Å². The molecule has 0 saturated carbocycles. The third-order valence-corrected chi connectivity index (χ3v) is 0.988. The van der Waals surface area contributed by atoms with Crippen LogP contribution in [0.15, 0.2) is 12.2 Å². The van der Waals surface area contributed by atoms with Gasteiger partial charge in [-0.05, 0) is 27.7 Å². The molecule has 0 aliphatic heterocycles. The number of carbonyl (C=O) groups is 1. The highest BCUT2D eigenvalue weighted by Gasteiger charge is 2.15. The van der Waals surface area contributed by atoms with Gasteiger partial charge in [0.2, 0.25) is 0 Å². The highest BCUT2D eigenvalue weighted by atomic mass is 16.6. The summed E-state index contributed by atoms with van der Waals surface area (Å²) in [6, 6.07) is 0. The van der Waals surface area contributed by atoms with Crippen LogP contribution in [0.3, 0.4) is 0 Å². The van der Waals surface area contributed by atoms with Gasteiger partial charge in [0.1, 0.15) is 12.2 Å². The molecule has 3 heteroatoms. The van der Waals surface area contributed by atoms with Crippen LogP contribution in [0.25, 0.3) is 0 Å². The average Bonchev–Trinajstić information content (AvgIpc) is 1.81. The zero-order valence-electron chi connectivity index (χ0n) is 8.85. The zero-order chi connectivity index (χ0) is 10.5. The van der Waals surface area contributed by atoms with Crippen LogP contribution in [-0.2, 0) is 14.3 Å². The van der Waals surface area contributed by atoms with Crippen molar-refractivity contribution in [3.8, 4) is 0 Å². The molecule has 0 fully saturated rings. The van der Waals surface area contributed by atoms with Crippen LogP contribution in [0.2, 0.25) is 0 Å². The van der Waals surface area contributed by atoms with Gasteiger partial charge in [-0.1, -0.05) is 12.2 Å². The Hall–Kier alpha value is -0.830. The summed E-state index contributed by atoms with van der Waals surface area (Å²) in [5.41, 5.74) is 0.451. The van der Waals surface area contributed by atoms with E-state index in [1.165, 1.54) is 0 Å². The summed E-state index contributed by atoms with van der Waals surface area (Å²) in [4.78, 5) is 11.1. The number of hydrogen-bond donors (Lipinski definition) is 0. The number of esters is 1. The van der Waals surface area contributed by atoms with Crippen molar-refractivity contribution in [1.82, 2.24) is 0 Å². The quantitative estimate of drug-likeness (QED) is 0.497. The highest BCUT2D eigenvalue weighted by molar-refractivity contribution is 5.71. The van der Waals surface area contributed by atoms with Crippen molar-refractivity contribution >= 4 is 5.97 Å². The van der Waals surface area contributed by atoms with Gasteiger partial charge in [0.15, 0.2) is 0 Å². The van der Waals surface area contributed by atoms with E-state index in [-0.39, 0.29) is 12.6 Å². The van der Waals surface area contributed by atoms with Crippen molar-refractivity contribution < 1.29 is 14.3 Å². The molecule has 0 spiro atoms. The predicted molar refractivity (Wildman–Crippen MR) is 51.5 cm³/mol. The van der Waals surface area contributed by atoms with Crippen LogP contribution in [0, 0.1) is 0 Å². The highest BCUT2D eigenvalue weighted by Crippen LogP contribution is 2.06. The molecule has 0 aromatic carbocycles. The Kier molecular flexibility index (Phi) is 4.70. The number of hydrogen-bond acceptors (Lipinski definition) is 3. The topological polar surface area (TPSA) is 35.5 Å². The first-order valence-electron chi connectivity index (χ1n) is 4.25. The van der Waals surface area contributed by atoms with Gasteiger partial charge in [-0.3, -0.25) is 0 Å². The zero-order valence-corrected chi connectivity index (χ0v) is 8.85. The fourth-order valence-corrected chi connectivity index (χ4v) is 0.680. The molecule has 0 rings (SSSR count). The fraction of sp³-hybridized carbons (Fsp3) is 0.700. The van der Waals surface area contributed by atoms with E-state index in [4.69, 9.17) is 9.47 Å². The van der Waals surface area contributed by atoms with Crippen LogP contribution in [0.4, 0.5) is 0 Å². The van der Waals surface area contributed by atoms with E-state index in [2.05, 4.69) is 6.58 Å². The molecule has 0 bridgehead atoms. The molecule has 0 amide bonds. The predicted octanol–water partition coefficient (Wildman–Crippen LogP) is 1.92. The Labute approximate surface area is 79.7 Å². The van der Waals surface area contributed by atoms with Gasteiger partial charge >= 0.3 is 5.97 Å². The molecule has 0 radical (unpaired) electrons. The lowest BCUT2D eigenvalue weighted by atomic mass is 10.2. The Balaban J connectivity index is 3.59. The van der Waals surface area contributed by atoms with Crippen LogP contribution in [-0.4, -0.2) is 24.8 Å². The van der Waals surface area contributed by atoms with Crippen molar-refractivity contribution in [1.29, 1.82) is 0 Å². The largest absolute Gasteiger partial charge is 0.458 e. The molecule has 0 aromatic heterocycles. The normalized spacial score (nSPS) is 11.1. The second kappa shape index (κ2) is 5.02. The molecule has 0 aliphatic carbocycles. The standard InChI is InChI=1S/C10H18O3/c1-8(2)6-12-7-9(11)13-10(3,4)5/h1,6-7H2,2-5H3. The van der Waals surface area contributed by atoms with Gasteiger partial charge in [0.05, 0.1) is 6.61 Å². The van der Waals surface area contributed by atoms with Crippen molar-refractivity contribution in [2.24, 2.45) is 0 Å². The van der Waals surface area contributed by atoms with E-state index < -0.39 is 5.60 Å². The maximum atomic E-state index is 11.1. The molecule has 0 heterocycles. The molecule has 0 aliphatic rings. The van der Waals surface area contributed by atoms with Gasteiger partial charge in [-0.15, -0.1) is 0 Å². The van der Waals surface area contributed by atoms with Crippen LogP contribution in [0.1, 0.15) is 27.7 Å². The average molecular weight is 186 g/mol. The lowest BCUT2D eigenvalue weighted by Gasteiger charge is -2.19. The first kappa shape index (κ1) is 12.2. The minimum absolute atomic E-state index is 0.00979. The van der Waals surface area contributed by atoms with Gasteiger partial charge in [-0.25, -0.2) is 4.79 Å². The summed E-state index contributed by atoms with van der Waals surface area (Å²) in [5, 5.41) is 0. The lowest BCUT2D eigenvalue weighted by molar-refractivity contribution is -0.159. The Bertz CT molecular complexity index is 189.